The number of allylic oxidation sites excluding steroid dienone is 2. The summed E-state index contributed by atoms with van der Waals surface area (Å²) in [6.45, 7) is 7.32. The minimum absolute atomic E-state index is 0.0402. The number of carbonyl (C=O) groups excluding carboxylic acids is 3. The van der Waals surface area contributed by atoms with Gasteiger partial charge >= 0.3 is 6.09 Å². The van der Waals surface area contributed by atoms with E-state index in [0.717, 1.165) is 4.90 Å². The summed E-state index contributed by atoms with van der Waals surface area (Å²) < 4.78 is 16.4. The van der Waals surface area contributed by atoms with Gasteiger partial charge in [-0.1, -0.05) is 13.8 Å². The average molecular weight is 395 g/mol. The number of amides is 2. The third-order valence-corrected chi connectivity index (χ3v) is 4.84. The smallest absolute Gasteiger partial charge is 0.417 e. The highest BCUT2D eigenvalue weighted by Crippen LogP contribution is 2.35. The Morgan fingerprint density at radius 3 is 2.61 bits per heavy atom. The second kappa shape index (κ2) is 8.87. The van der Waals surface area contributed by atoms with Crippen molar-refractivity contribution in [1.82, 2.24) is 4.90 Å². The lowest BCUT2D eigenvalue weighted by molar-refractivity contribution is -0.154. The first kappa shape index (κ1) is 22.1. The molecule has 8 heteroatoms. The van der Waals surface area contributed by atoms with Crippen molar-refractivity contribution in [2.24, 2.45) is 5.92 Å². The van der Waals surface area contributed by atoms with Crippen LogP contribution in [0.4, 0.5) is 4.79 Å². The maximum absolute atomic E-state index is 13.2. The van der Waals surface area contributed by atoms with Crippen molar-refractivity contribution >= 4 is 17.8 Å². The fourth-order valence-electron chi connectivity index (χ4n) is 3.74. The highest BCUT2D eigenvalue weighted by molar-refractivity contribution is 6.03. The van der Waals surface area contributed by atoms with E-state index < -0.39 is 41.6 Å². The van der Waals surface area contributed by atoms with Gasteiger partial charge in [0.1, 0.15) is 11.4 Å². The van der Waals surface area contributed by atoms with Gasteiger partial charge in [0.25, 0.3) is 5.91 Å². The molecule has 2 amide bonds. The second-order valence-electron chi connectivity index (χ2n) is 7.77. The van der Waals surface area contributed by atoms with Crippen molar-refractivity contribution in [3.05, 3.63) is 24.0 Å². The zero-order valence-electron chi connectivity index (χ0n) is 17.0. The summed E-state index contributed by atoms with van der Waals surface area (Å²) >= 11 is 0. The van der Waals surface area contributed by atoms with Crippen LogP contribution in [0.25, 0.3) is 0 Å². The zero-order chi connectivity index (χ0) is 21.1. The Kier molecular flexibility index (Phi) is 7.01. The van der Waals surface area contributed by atoms with Crippen LogP contribution in [-0.4, -0.2) is 65.4 Å². The van der Waals surface area contributed by atoms with Gasteiger partial charge in [-0.05, 0) is 50.8 Å². The van der Waals surface area contributed by atoms with Gasteiger partial charge in [0.05, 0.1) is 6.04 Å². The molecule has 1 saturated heterocycles. The summed E-state index contributed by atoms with van der Waals surface area (Å²) in [5.74, 6) is -0.732. The van der Waals surface area contributed by atoms with Crippen LogP contribution < -0.4 is 0 Å². The maximum Gasteiger partial charge on any atom is 0.417 e. The molecule has 2 heterocycles. The standard InChI is InChI=1S/C20H29NO7/c1-12(2)17-20(3,4)28-19(25)21(17)18(24)16(26-5)15-14(23)10-9-13(27-15)8-6-7-11-22/h8-10,12,15-17,22H,6-7,11H2,1-5H3/t15-,16-,17-/m1/s1. The van der Waals surface area contributed by atoms with Crippen molar-refractivity contribution in [3.8, 4) is 0 Å². The lowest BCUT2D eigenvalue weighted by Gasteiger charge is -2.34. The first-order chi connectivity index (χ1) is 13.1. The Bertz CT molecular complexity index is 680. The summed E-state index contributed by atoms with van der Waals surface area (Å²) in [4.78, 5) is 39.0. The molecular formula is C20H29NO7. The van der Waals surface area contributed by atoms with Crippen LogP contribution in [0.1, 0.15) is 40.5 Å². The van der Waals surface area contributed by atoms with E-state index in [-0.39, 0.29) is 12.5 Å². The molecule has 0 radical (unpaired) electrons. The van der Waals surface area contributed by atoms with E-state index in [1.54, 1.807) is 19.9 Å². The maximum atomic E-state index is 13.2. The number of ether oxygens (including phenoxy) is 3. The minimum atomic E-state index is -1.29. The Morgan fingerprint density at radius 1 is 1.36 bits per heavy atom. The number of aliphatic hydroxyl groups is 1. The number of aliphatic hydroxyl groups excluding tert-OH is 1. The van der Waals surface area contributed by atoms with Gasteiger partial charge < -0.3 is 19.3 Å². The summed E-state index contributed by atoms with van der Waals surface area (Å²) in [7, 11) is 1.30. The van der Waals surface area contributed by atoms with E-state index in [2.05, 4.69) is 0 Å². The van der Waals surface area contributed by atoms with Crippen LogP contribution in [0, 0.1) is 5.92 Å². The Hall–Kier alpha value is -2.19. The van der Waals surface area contributed by atoms with E-state index in [9.17, 15) is 14.4 Å². The number of rotatable bonds is 7. The Morgan fingerprint density at radius 2 is 2.04 bits per heavy atom. The predicted molar refractivity (Wildman–Crippen MR) is 100 cm³/mol. The zero-order valence-corrected chi connectivity index (χ0v) is 17.0. The number of methoxy groups -OCH3 is 1. The Labute approximate surface area is 165 Å². The van der Waals surface area contributed by atoms with E-state index >= 15 is 0 Å². The molecule has 28 heavy (non-hydrogen) atoms. The van der Waals surface area contributed by atoms with Gasteiger partial charge in [0.15, 0.2) is 18.0 Å². The lowest BCUT2D eigenvalue weighted by atomic mass is 9.88. The van der Waals surface area contributed by atoms with Crippen LogP contribution in [0.5, 0.6) is 0 Å². The fraction of sp³-hybridized carbons (Fsp3) is 0.650. The van der Waals surface area contributed by atoms with Crippen LogP contribution >= 0.6 is 0 Å². The first-order valence-electron chi connectivity index (χ1n) is 9.42. The quantitative estimate of drug-likeness (QED) is 0.658. The van der Waals surface area contributed by atoms with Crippen molar-refractivity contribution < 1.29 is 33.7 Å². The molecule has 2 aliphatic heterocycles. The number of nitrogens with zero attached hydrogens (tertiary/aromatic N) is 1. The van der Waals surface area contributed by atoms with E-state index in [1.165, 1.54) is 19.3 Å². The van der Waals surface area contributed by atoms with Crippen molar-refractivity contribution in [3.63, 3.8) is 0 Å². The van der Waals surface area contributed by atoms with E-state index in [0.29, 0.717) is 18.6 Å². The van der Waals surface area contributed by atoms with Gasteiger partial charge in [0, 0.05) is 13.7 Å². The lowest BCUT2D eigenvalue weighted by Crippen LogP contribution is -2.55. The highest BCUT2D eigenvalue weighted by atomic mass is 16.6. The molecule has 1 N–H and O–H groups in total. The van der Waals surface area contributed by atoms with Gasteiger partial charge in [-0.3, -0.25) is 9.59 Å². The number of cyclic esters (lactones) is 1. The molecule has 156 valence electrons. The number of unbranched alkanes of at least 4 members (excludes halogenated alkanes) is 1. The Balaban J connectivity index is 2.27. The number of carbonyl (C=O) groups is 3. The molecule has 0 bridgehead atoms. The third kappa shape index (κ3) is 4.44. The molecular weight excluding hydrogens is 366 g/mol. The summed E-state index contributed by atoms with van der Waals surface area (Å²) in [5.41, 5.74) is -0.855. The molecule has 0 aromatic carbocycles. The van der Waals surface area contributed by atoms with Crippen LogP contribution in [-0.2, 0) is 23.8 Å². The molecule has 0 saturated carbocycles. The molecule has 0 aromatic heterocycles. The largest absolute Gasteiger partial charge is 0.479 e. The molecule has 1 fully saturated rings. The fourth-order valence-corrected chi connectivity index (χ4v) is 3.74. The van der Waals surface area contributed by atoms with Crippen LogP contribution in [0.15, 0.2) is 24.0 Å². The summed E-state index contributed by atoms with van der Waals surface area (Å²) in [5, 5.41) is 8.89. The molecule has 0 unspecified atom stereocenters. The molecule has 2 rings (SSSR count). The van der Waals surface area contributed by atoms with Crippen molar-refractivity contribution in [2.75, 3.05) is 13.7 Å². The van der Waals surface area contributed by atoms with Gasteiger partial charge in [-0.25, -0.2) is 9.69 Å². The molecule has 2 aliphatic rings. The van der Waals surface area contributed by atoms with E-state index in [4.69, 9.17) is 19.3 Å². The number of hydrogen-bond donors (Lipinski definition) is 1. The van der Waals surface area contributed by atoms with Crippen LogP contribution in [0.3, 0.4) is 0 Å². The van der Waals surface area contributed by atoms with Crippen molar-refractivity contribution in [1.29, 1.82) is 0 Å². The number of imide groups is 1. The molecule has 0 spiro atoms. The highest BCUT2D eigenvalue weighted by Gasteiger charge is 2.54. The first-order valence-corrected chi connectivity index (χ1v) is 9.42. The molecule has 0 aliphatic carbocycles. The average Bonchev–Trinajstić information content (AvgIpc) is 2.86. The van der Waals surface area contributed by atoms with Gasteiger partial charge in [-0.15, -0.1) is 0 Å². The minimum Gasteiger partial charge on any atom is -0.479 e. The number of hydrogen-bond acceptors (Lipinski definition) is 7. The van der Waals surface area contributed by atoms with Gasteiger partial charge in [0.2, 0.25) is 0 Å². The summed E-state index contributed by atoms with van der Waals surface area (Å²) in [6.07, 6.45) is 2.43. The molecule has 8 nitrogen and oxygen atoms in total. The monoisotopic (exact) mass is 395 g/mol. The molecule has 0 aromatic rings. The predicted octanol–water partition coefficient (Wildman–Crippen LogP) is 1.96. The SMILES string of the molecule is CO[C@@H](C(=O)N1C(=O)OC(C)(C)[C@H]1C(C)C)[C@@H]1OC(=CCCCO)C=CC1=O. The normalized spacial score (nSPS) is 26.5. The number of ketones is 1. The molecule has 3 atom stereocenters. The van der Waals surface area contributed by atoms with Gasteiger partial charge in [-0.2, -0.15) is 0 Å². The topological polar surface area (TPSA) is 102 Å². The van der Waals surface area contributed by atoms with Crippen LogP contribution in [0.2, 0.25) is 0 Å². The second-order valence-corrected chi connectivity index (χ2v) is 7.77. The third-order valence-electron chi connectivity index (χ3n) is 4.84. The van der Waals surface area contributed by atoms with E-state index in [1.807, 2.05) is 13.8 Å². The summed E-state index contributed by atoms with van der Waals surface area (Å²) in [6, 6.07) is -0.501. The van der Waals surface area contributed by atoms with Crippen molar-refractivity contribution in [2.45, 2.75) is 64.4 Å².